The third kappa shape index (κ3) is 2.91. The standard InChI is InChI=1S/C17H22N2O4S/c20-17(18-14-11-16-12(14)5-8-23-16)13-3-1-2-4-15(13)19-6-9-24(21,22)10-7-19/h1-4,12,14,16H,5-11H2,(H,18,20)/t12-,14-,16+/m0/s1. The highest BCUT2D eigenvalue weighted by Gasteiger charge is 2.45. The van der Waals surface area contributed by atoms with Gasteiger partial charge >= 0.3 is 0 Å². The second-order valence-electron chi connectivity index (χ2n) is 6.83. The van der Waals surface area contributed by atoms with E-state index in [0.29, 0.717) is 30.7 Å². The largest absolute Gasteiger partial charge is 0.378 e. The van der Waals surface area contributed by atoms with Crippen molar-refractivity contribution in [3.63, 3.8) is 0 Å². The zero-order valence-corrected chi connectivity index (χ0v) is 14.3. The van der Waals surface area contributed by atoms with Crippen LogP contribution in [-0.2, 0) is 14.6 Å². The minimum atomic E-state index is -2.94. The number of para-hydroxylation sites is 1. The molecule has 1 amide bonds. The Bertz CT molecular complexity index is 735. The molecule has 3 fully saturated rings. The van der Waals surface area contributed by atoms with Gasteiger partial charge in [0.1, 0.15) is 0 Å². The van der Waals surface area contributed by atoms with Crippen molar-refractivity contribution in [1.29, 1.82) is 0 Å². The van der Waals surface area contributed by atoms with E-state index >= 15 is 0 Å². The molecular formula is C17H22N2O4S. The number of rotatable bonds is 3. The third-order valence-electron chi connectivity index (χ3n) is 5.41. The first-order valence-electron chi connectivity index (χ1n) is 8.50. The Kier molecular flexibility index (Phi) is 4.00. The average Bonchev–Trinajstić information content (AvgIpc) is 2.93. The number of benzene rings is 1. The number of hydrogen-bond donors (Lipinski definition) is 1. The van der Waals surface area contributed by atoms with Crippen molar-refractivity contribution in [3.8, 4) is 0 Å². The molecule has 6 nitrogen and oxygen atoms in total. The molecule has 0 spiro atoms. The Morgan fingerprint density at radius 1 is 1.21 bits per heavy atom. The van der Waals surface area contributed by atoms with Crippen LogP contribution in [0.4, 0.5) is 5.69 Å². The van der Waals surface area contributed by atoms with Gasteiger partial charge in [0.25, 0.3) is 5.91 Å². The van der Waals surface area contributed by atoms with E-state index in [1.54, 1.807) is 0 Å². The molecule has 0 aromatic heterocycles. The van der Waals surface area contributed by atoms with Gasteiger partial charge in [-0.05, 0) is 25.0 Å². The Hall–Kier alpha value is -1.60. The van der Waals surface area contributed by atoms with Crippen LogP contribution in [0.2, 0.25) is 0 Å². The molecule has 1 aliphatic carbocycles. The van der Waals surface area contributed by atoms with E-state index in [1.807, 2.05) is 29.2 Å². The van der Waals surface area contributed by atoms with Crippen LogP contribution < -0.4 is 10.2 Å². The topological polar surface area (TPSA) is 75.7 Å². The number of anilines is 1. The van der Waals surface area contributed by atoms with Gasteiger partial charge in [0.2, 0.25) is 0 Å². The second kappa shape index (κ2) is 6.04. The molecule has 4 rings (SSSR count). The number of carbonyl (C=O) groups excluding carboxylic acids is 1. The molecule has 1 N–H and O–H groups in total. The predicted octanol–water partition coefficient (Wildman–Crippen LogP) is 0.829. The number of nitrogens with zero attached hydrogens (tertiary/aromatic N) is 1. The first-order valence-corrected chi connectivity index (χ1v) is 10.3. The van der Waals surface area contributed by atoms with Crippen molar-refractivity contribution in [2.75, 3.05) is 36.1 Å². The SMILES string of the molecule is O=C(N[C@H]1C[C@H]2OCC[C@@H]12)c1ccccc1N1CCS(=O)(=O)CC1. The monoisotopic (exact) mass is 350 g/mol. The van der Waals surface area contributed by atoms with Gasteiger partial charge in [-0.3, -0.25) is 4.79 Å². The zero-order chi connectivity index (χ0) is 16.7. The molecule has 1 aromatic carbocycles. The molecule has 7 heteroatoms. The number of ether oxygens (including phenoxy) is 1. The van der Waals surface area contributed by atoms with Crippen LogP contribution in [0.25, 0.3) is 0 Å². The van der Waals surface area contributed by atoms with Gasteiger partial charge in [0.05, 0.1) is 23.2 Å². The molecule has 0 radical (unpaired) electrons. The van der Waals surface area contributed by atoms with Crippen molar-refractivity contribution in [2.45, 2.75) is 25.0 Å². The molecule has 2 heterocycles. The number of nitrogens with one attached hydrogen (secondary N) is 1. The molecule has 24 heavy (non-hydrogen) atoms. The minimum Gasteiger partial charge on any atom is -0.378 e. The fourth-order valence-corrected chi connectivity index (χ4v) is 5.11. The summed E-state index contributed by atoms with van der Waals surface area (Å²) in [6, 6.07) is 7.64. The number of sulfone groups is 1. The number of amides is 1. The quantitative estimate of drug-likeness (QED) is 0.874. The summed E-state index contributed by atoms with van der Waals surface area (Å²) in [5.74, 6) is 0.662. The van der Waals surface area contributed by atoms with E-state index in [9.17, 15) is 13.2 Å². The molecule has 2 saturated heterocycles. The molecule has 130 valence electrons. The van der Waals surface area contributed by atoms with Gasteiger partial charge in [-0.1, -0.05) is 12.1 Å². The summed E-state index contributed by atoms with van der Waals surface area (Å²) >= 11 is 0. The summed E-state index contributed by atoms with van der Waals surface area (Å²) in [6.45, 7) is 1.67. The predicted molar refractivity (Wildman–Crippen MR) is 91.0 cm³/mol. The molecule has 0 unspecified atom stereocenters. The van der Waals surface area contributed by atoms with E-state index in [0.717, 1.165) is 25.1 Å². The highest BCUT2D eigenvalue weighted by Crippen LogP contribution is 2.38. The van der Waals surface area contributed by atoms with E-state index in [-0.39, 0.29) is 23.5 Å². The molecular weight excluding hydrogens is 328 g/mol. The summed E-state index contributed by atoms with van der Waals surface area (Å²) in [4.78, 5) is 14.7. The molecule has 1 saturated carbocycles. The van der Waals surface area contributed by atoms with Gasteiger partial charge in [-0.25, -0.2) is 8.42 Å². The van der Waals surface area contributed by atoms with Crippen LogP contribution in [0.5, 0.6) is 0 Å². The van der Waals surface area contributed by atoms with Crippen LogP contribution in [0.15, 0.2) is 24.3 Å². The maximum atomic E-state index is 12.7. The van der Waals surface area contributed by atoms with Gasteiger partial charge in [-0.15, -0.1) is 0 Å². The van der Waals surface area contributed by atoms with E-state index in [2.05, 4.69) is 5.32 Å². The van der Waals surface area contributed by atoms with Gasteiger partial charge < -0.3 is 15.0 Å². The average molecular weight is 350 g/mol. The normalized spacial score (nSPS) is 31.2. The lowest BCUT2D eigenvalue weighted by molar-refractivity contribution is 0.00811. The van der Waals surface area contributed by atoms with Gasteiger partial charge in [0, 0.05) is 37.3 Å². The summed E-state index contributed by atoms with van der Waals surface area (Å²) in [6.07, 6.45) is 2.22. The Labute approximate surface area is 142 Å². The number of hydrogen-bond acceptors (Lipinski definition) is 5. The Morgan fingerprint density at radius 2 is 1.96 bits per heavy atom. The van der Waals surface area contributed by atoms with Crippen LogP contribution in [0.1, 0.15) is 23.2 Å². The Balaban J connectivity index is 1.48. The smallest absolute Gasteiger partial charge is 0.253 e. The lowest BCUT2D eigenvalue weighted by Crippen LogP contribution is -2.53. The van der Waals surface area contributed by atoms with E-state index in [4.69, 9.17) is 4.74 Å². The van der Waals surface area contributed by atoms with Crippen molar-refractivity contribution in [2.24, 2.45) is 5.92 Å². The summed E-state index contributed by atoms with van der Waals surface area (Å²) in [5.41, 5.74) is 1.45. The van der Waals surface area contributed by atoms with Crippen LogP contribution in [0.3, 0.4) is 0 Å². The highest BCUT2D eigenvalue weighted by atomic mass is 32.2. The lowest BCUT2D eigenvalue weighted by Gasteiger charge is -2.39. The van der Waals surface area contributed by atoms with Crippen LogP contribution in [0, 0.1) is 5.92 Å². The van der Waals surface area contributed by atoms with Crippen molar-refractivity contribution >= 4 is 21.4 Å². The minimum absolute atomic E-state index is 0.0746. The summed E-state index contributed by atoms with van der Waals surface area (Å²) < 4.78 is 28.8. The molecule has 3 aliphatic rings. The summed E-state index contributed by atoms with van der Waals surface area (Å²) in [5, 5.41) is 3.14. The van der Waals surface area contributed by atoms with Crippen molar-refractivity contribution < 1.29 is 17.9 Å². The molecule has 2 aliphatic heterocycles. The zero-order valence-electron chi connectivity index (χ0n) is 13.5. The van der Waals surface area contributed by atoms with Crippen LogP contribution >= 0.6 is 0 Å². The second-order valence-corrected chi connectivity index (χ2v) is 9.14. The number of fused-ring (bicyclic) bond motifs is 1. The first kappa shape index (κ1) is 15.9. The fraction of sp³-hybridized carbons (Fsp3) is 0.588. The molecule has 1 aromatic rings. The van der Waals surface area contributed by atoms with Crippen LogP contribution in [-0.4, -0.2) is 57.7 Å². The maximum absolute atomic E-state index is 12.7. The molecule has 0 bridgehead atoms. The van der Waals surface area contributed by atoms with E-state index in [1.165, 1.54) is 0 Å². The van der Waals surface area contributed by atoms with Gasteiger partial charge in [-0.2, -0.15) is 0 Å². The first-order chi connectivity index (χ1) is 11.5. The van der Waals surface area contributed by atoms with E-state index < -0.39 is 9.84 Å². The third-order valence-corrected chi connectivity index (χ3v) is 7.02. The van der Waals surface area contributed by atoms with Gasteiger partial charge in [0.15, 0.2) is 9.84 Å². The summed E-state index contributed by atoms with van der Waals surface area (Å²) in [7, 11) is -2.94. The highest BCUT2D eigenvalue weighted by molar-refractivity contribution is 7.91. The van der Waals surface area contributed by atoms with Crippen molar-refractivity contribution in [3.05, 3.63) is 29.8 Å². The maximum Gasteiger partial charge on any atom is 0.253 e. The van der Waals surface area contributed by atoms with Crippen molar-refractivity contribution in [1.82, 2.24) is 5.32 Å². The number of carbonyl (C=O) groups is 1. The molecule has 3 atom stereocenters. The Morgan fingerprint density at radius 3 is 2.71 bits per heavy atom. The lowest BCUT2D eigenvalue weighted by atomic mass is 9.76. The fourth-order valence-electron chi connectivity index (χ4n) is 3.90.